The van der Waals surface area contributed by atoms with Gasteiger partial charge >= 0.3 is 0 Å². The number of piperidine rings is 1. The van der Waals surface area contributed by atoms with Gasteiger partial charge in [-0.2, -0.15) is 5.10 Å². The maximum Gasteiger partial charge on any atom is 0.220 e. The van der Waals surface area contributed by atoms with E-state index in [0.717, 1.165) is 40.9 Å². The average Bonchev–Trinajstić information content (AvgIpc) is 3.10. The number of fused-ring (bicyclic) bond motifs is 1. The van der Waals surface area contributed by atoms with Gasteiger partial charge in [0.25, 0.3) is 0 Å². The van der Waals surface area contributed by atoms with E-state index in [1.807, 2.05) is 10.9 Å². The van der Waals surface area contributed by atoms with E-state index in [2.05, 4.69) is 28.8 Å². The zero-order valence-corrected chi connectivity index (χ0v) is 16.8. The van der Waals surface area contributed by atoms with E-state index in [1.165, 1.54) is 19.3 Å². The Morgan fingerprint density at radius 2 is 2.15 bits per heavy atom. The molecule has 1 fully saturated rings. The summed E-state index contributed by atoms with van der Waals surface area (Å²) in [6.07, 6.45) is 8.47. The standard InChI is InChI=1S/C19H28N6OS/c1-3-5-9-16(26)20-10-13-25-18-15(14-21-25)17(22-19(23-18)27-4-2)24-11-7-6-8-12-24/h3,14H,1,4-13H2,2H3,(H,20,26). The van der Waals surface area contributed by atoms with Crippen molar-refractivity contribution in [1.82, 2.24) is 25.1 Å². The smallest absolute Gasteiger partial charge is 0.220 e. The number of nitrogens with one attached hydrogen (secondary N) is 1. The zero-order chi connectivity index (χ0) is 19.1. The number of hydrogen-bond donors (Lipinski definition) is 1. The number of carbonyl (C=O) groups excluding carboxylic acids is 1. The van der Waals surface area contributed by atoms with E-state index in [9.17, 15) is 4.79 Å². The summed E-state index contributed by atoms with van der Waals surface area (Å²) < 4.78 is 1.87. The molecule has 0 unspecified atom stereocenters. The highest BCUT2D eigenvalue weighted by Crippen LogP contribution is 2.29. The maximum atomic E-state index is 11.8. The van der Waals surface area contributed by atoms with Crippen molar-refractivity contribution in [2.45, 2.75) is 50.7 Å². The van der Waals surface area contributed by atoms with Crippen molar-refractivity contribution < 1.29 is 4.79 Å². The van der Waals surface area contributed by atoms with Crippen LogP contribution < -0.4 is 10.2 Å². The summed E-state index contributed by atoms with van der Waals surface area (Å²) in [5.74, 6) is 1.97. The normalized spacial score (nSPS) is 14.5. The average molecular weight is 389 g/mol. The topological polar surface area (TPSA) is 75.9 Å². The Kier molecular flexibility index (Phi) is 7.09. The molecule has 2 aromatic rings. The summed E-state index contributed by atoms with van der Waals surface area (Å²) >= 11 is 1.65. The third kappa shape index (κ3) is 5.00. The molecule has 0 atom stereocenters. The fourth-order valence-corrected chi connectivity index (χ4v) is 3.81. The predicted molar refractivity (Wildman–Crippen MR) is 110 cm³/mol. The lowest BCUT2D eigenvalue weighted by molar-refractivity contribution is -0.121. The lowest BCUT2D eigenvalue weighted by atomic mass is 10.1. The minimum absolute atomic E-state index is 0.0391. The van der Waals surface area contributed by atoms with Gasteiger partial charge in [-0.25, -0.2) is 14.6 Å². The summed E-state index contributed by atoms with van der Waals surface area (Å²) in [5.41, 5.74) is 0.849. The van der Waals surface area contributed by atoms with Crippen molar-refractivity contribution in [1.29, 1.82) is 0 Å². The van der Waals surface area contributed by atoms with Crippen LogP contribution in [-0.2, 0) is 11.3 Å². The van der Waals surface area contributed by atoms with E-state index >= 15 is 0 Å². The first-order chi connectivity index (χ1) is 13.2. The third-order valence-corrected chi connectivity index (χ3v) is 5.34. The van der Waals surface area contributed by atoms with E-state index in [-0.39, 0.29) is 5.91 Å². The van der Waals surface area contributed by atoms with Crippen molar-refractivity contribution >= 4 is 34.5 Å². The minimum Gasteiger partial charge on any atom is -0.356 e. The van der Waals surface area contributed by atoms with Crippen LogP contribution in [0.25, 0.3) is 11.0 Å². The van der Waals surface area contributed by atoms with Crippen LogP contribution in [-0.4, -0.2) is 51.0 Å². The van der Waals surface area contributed by atoms with Crippen molar-refractivity contribution in [2.24, 2.45) is 0 Å². The molecule has 0 radical (unpaired) electrons. The highest BCUT2D eigenvalue weighted by molar-refractivity contribution is 7.99. The number of aromatic nitrogens is 4. The monoisotopic (exact) mass is 388 g/mol. The number of amides is 1. The van der Waals surface area contributed by atoms with Gasteiger partial charge in [0.1, 0.15) is 5.82 Å². The predicted octanol–water partition coefficient (Wildman–Crippen LogP) is 3.01. The van der Waals surface area contributed by atoms with Gasteiger partial charge in [0, 0.05) is 26.1 Å². The second-order valence-electron chi connectivity index (χ2n) is 6.59. The molecule has 1 N–H and O–H groups in total. The summed E-state index contributed by atoms with van der Waals surface area (Å²) in [6.45, 7) is 8.95. The van der Waals surface area contributed by atoms with Gasteiger partial charge in [-0.05, 0) is 31.4 Å². The Hall–Kier alpha value is -2.09. The number of thioether (sulfide) groups is 1. The molecule has 3 heterocycles. The molecule has 2 aromatic heterocycles. The number of anilines is 1. The molecule has 1 aliphatic rings. The second-order valence-corrected chi connectivity index (χ2v) is 7.82. The Balaban J connectivity index is 1.79. The highest BCUT2D eigenvalue weighted by Gasteiger charge is 2.19. The molecule has 27 heavy (non-hydrogen) atoms. The van der Waals surface area contributed by atoms with Crippen LogP contribution in [0, 0.1) is 0 Å². The first kappa shape index (κ1) is 19.7. The van der Waals surface area contributed by atoms with E-state index < -0.39 is 0 Å². The number of allylic oxidation sites excluding steroid dienone is 1. The minimum atomic E-state index is 0.0391. The summed E-state index contributed by atoms with van der Waals surface area (Å²) in [6, 6.07) is 0. The molecule has 0 spiro atoms. The molecule has 7 nitrogen and oxygen atoms in total. The van der Waals surface area contributed by atoms with Crippen LogP contribution in [0.2, 0.25) is 0 Å². The summed E-state index contributed by atoms with van der Waals surface area (Å²) in [7, 11) is 0. The van der Waals surface area contributed by atoms with Crippen LogP contribution in [0.1, 0.15) is 39.0 Å². The fraction of sp³-hybridized carbons (Fsp3) is 0.579. The third-order valence-electron chi connectivity index (χ3n) is 4.61. The molecule has 0 aliphatic carbocycles. The summed E-state index contributed by atoms with van der Waals surface area (Å²) in [5, 5.41) is 9.24. The molecule has 146 valence electrons. The zero-order valence-electron chi connectivity index (χ0n) is 16.0. The largest absolute Gasteiger partial charge is 0.356 e. The molecule has 0 aromatic carbocycles. The van der Waals surface area contributed by atoms with E-state index in [4.69, 9.17) is 9.97 Å². The number of nitrogens with zero attached hydrogens (tertiary/aromatic N) is 5. The highest BCUT2D eigenvalue weighted by atomic mass is 32.2. The molecular formula is C19H28N6OS. The molecule has 8 heteroatoms. The maximum absolute atomic E-state index is 11.8. The molecule has 0 saturated carbocycles. The van der Waals surface area contributed by atoms with Gasteiger partial charge < -0.3 is 10.2 Å². The Morgan fingerprint density at radius 3 is 2.89 bits per heavy atom. The first-order valence-electron chi connectivity index (χ1n) is 9.71. The Bertz CT molecular complexity index is 784. The Morgan fingerprint density at radius 1 is 1.33 bits per heavy atom. The van der Waals surface area contributed by atoms with Gasteiger partial charge in [0.15, 0.2) is 10.8 Å². The molecular weight excluding hydrogens is 360 g/mol. The van der Waals surface area contributed by atoms with Crippen molar-refractivity contribution in [3.8, 4) is 0 Å². The second kappa shape index (κ2) is 9.73. The summed E-state index contributed by atoms with van der Waals surface area (Å²) in [4.78, 5) is 23.7. The van der Waals surface area contributed by atoms with Crippen LogP contribution in [0.15, 0.2) is 24.0 Å². The fourth-order valence-electron chi connectivity index (χ4n) is 3.25. The lowest BCUT2D eigenvalue weighted by Crippen LogP contribution is -2.30. The molecule has 3 rings (SSSR count). The van der Waals surface area contributed by atoms with E-state index in [0.29, 0.717) is 25.9 Å². The quantitative estimate of drug-likeness (QED) is 0.404. The van der Waals surface area contributed by atoms with Crippen LogP contribution in [0.3, 0.4) is 0 Å². The van der Waals surface area contributed by atoms with Gasteiger partial charge in [-0.3, -0.25) is 4.79 Å². The van der Waals surface area contributed by atoms with E-state index in [1.54, 1.807) is 17.8 Å². The van der Waals surface area contributed by atoms with Gasteiger partial charge in [0.05, 0.1) is 18.1 Å². The number of carbonyl (C=O) groups is 1. The SMILES string of the molecule is C=CCCC(=O)NCCn1ncc2c(N3CCCCC3)nc(SCC)nc21. The first-order valence-corrected chi connectivity index (χ1v) is 10.7. The van der Waals surface area contributed by atoms with Gasteiger partial charge in [0.2, 0.25) is 5.91 Å². The Labute approximate surface area is 164 Å². The molecule has 0 bridgehead atoms. The van der Waals surface area contributed by atoms with Crippen molar-refractivity contribution in [3.63, 3.8) is 0 Å². The molecule has 1 saturated heterocycles. The number of rotatable bonds is 9. The molecule has 1 aliphatic heterocycles. The van der Waals surface area contributed by atoms with Crippen molar-refractivity contribution in [3.05, 3.63) is 18.9 Å². The molecule has 1 amide bonds. The van der Waals surface area contributed by atoms with Crippen molar-refractivity contribution in [2.75, 3.05) is 30.3 Å². The van der Waals surface area contributed by atoms with Crippen LogP contribution >= 0.6 is 11.8 Å². The van der Waals surface area contributed by atoms with Gasteiger partial charge in [-0.1, -0.05) is 24.8 Å². The van der Waals surface area contributed by atoms with Gasteiger partial charge in [-0.15, -0.1) is 6.58 Å². The van der Waals surface area contributed by atoms with Crippen LogP contribution in [0.5, 0.6) is 0 Å². The lowest BCUT2D eigenvalue weighted by Gasteiger charge is -2.28. The van der Waals surface area contributed by atoms with Crippen LogP contribution in [0.4, 0.5) is 5.82 Å². The number of hydrogen-bond acceptors (Lipinski definition) is 6.